The number of nitrogens with zero attached hydrogens (tertiary/aromatic N) is 1. The minimum absolute atomic E-state index is 0.293. The van der Waals surface area contributed by atoms with Crippen LogP contribution in [0.5, 0.6) is 0 Å². The van der Waals surface area contributed by atoms with Gasteiger partial charge in [0.1, 0.15) is 5.82 Å². The highest BCUT2D eigenvalue weighted by atomic mass is 32.2. The lowest BCUT2D eigenvalue weighted by Crippen LogP contribution is -2.34. The average Bonchev–Trinajstić information content (AvgIpc) is 2.41. The van der Waals surface area contributed by atoms with Crippen molar-refractivity contribution in [2.45, 2.75) is 31.9 Å². The van der Waals surface area contributed by atoms with Crippen LogP contribution in [0.1, 0.15) is 31.4 Å². The summed E-state index contributed by atoms with van der Waals surface area (Å²) in [7, 11) is 2.09. The molecule has 0 bridgehead atoms. The lowest BCUT2D eigenvalue weighted by Gasteiger charge is -2.27. The van der Waals surface area contributed by atoms with E-state index >= 15 is 0 Å². The van der Waals surface area contributed by atoms with Gasteiger partial charge in [0.15, 0.2) is 0 Å². The second kappa shape index (κ2) is 8.56. The number of hydrogen-bond donors (Lipinski definition) is 1. The number of aliphatic hydroxyl groups is 1. The standard InChI is InChI=1S/C15H24FNOS/c1-4-14(11-19-3)17(2)9-8-15(18)12-6-5-7-13(16)10-12/h5-7,10,14-15,18H,4,8-9,11H2,1-3H3. The van der Waals surface area contributed by atoms with E-state index in [0.717, 1.165) is 18.7 Å². The van der Waals surface area contributed by atoms with Crippen LogP contribution in [0.4, 0.5) is 4.39 Å². The summed E-state index contributed by atoms with van der Waals surface area (Å²) in [5, 5.41) is 10.1. The fraction of sp³-hybridized carbons (Fsp3) is 0.600. The Morgan fingerprint density at radius 2 is 2.16 bits per heavy atom. The Balaban J connectivity index is 2.47. The van der Waals surface area contributed by atoms with Crippen molar-refractivity contribution in [1.82, 2.24) is 4.90 Å². The van der Waals surface area contributed by atoms with E-state index in [1.165, 1.54) is 12.1 Å². The van der Waals surface area contributed by atoms with E-state index in [1.54, 1.807) is 12.1 Å². The van der Waals surface area contributed by atoms with Crippen LogP contribution >= 0.6 is 11.8 Å². The van der Waals surface area contributed by atoms with E-state index in [4.69, 9.17) is 0 Å². The van der Waals surface area contributed by atoms with E-state index in [1.807, 2.05) is 11.8 Å². The van der Waals surface area contributed by atoms with E-state index in [2.05, 4.69) is 25.1 Å². The van der Waals surface area contributed by atoms with E-state index in [-0.39, 0.29) is 5.82 Å². The maximum atomic E-state index is 13.1. The van der Waals surface area contributed by atoms with Gasteiger partial charge in [-0.3, -0.25) is 0 Å². The molecule has 2 unspecified atom stereocenters. The zero-order valence-electron chi connectivity index (χ0n) is 12.0. The first kappa shape index (κ1) is 16.5. The quantitative estimate of drug-likeness (QED) is 0.792. The van der Waals surface area contributed by atoms with Crippen molar-refractivity contribution in [3.63, 3.8) is 0 Å². The Hall–Kier alpha value is -0.580. The minimum Gasteiger partial charge on any atom is -0.388 e. The SMILES string of the molecule is CCC(CSC)N(C)CCC(O)c1cccc(F)c1. The van der Waals surface area contributed by atoms with Crippen LogP contribution in [0.25, 0.3) is 0 Å². The van der Waals surface area contributed by atoms with Crippen LogP contribution in [0.3, 0.4) is 0 Å². The summed E-state index contributed by atoms with van der Waals surface area (Å²) >= 11 is 1.84. The molecular formula is C15H24FNOS. The predicted octanol–water partition coefficient (Wildman–Crippen LogP) is 3.32. The van der Waals surface area contributed by atoms with Crippen molar-refractivity contribution in [2.75, 3.05) is 25.6 Å². The van der Waals surface area contributed by atoms with Crippen LogP contribution in [0, 0.1) is 5.82 Å². The minimum atomic E-state index is -0.593. The van der Waals surface area contributed by atoms with Crippen molar-refractivity contribution >= 4 is 11.8 Å². The first-order valence-electron chi connectivity index (χ1n) is 6.71. The predicted molar refractivity (Wildman–Crippen MR) is 81.1 cm³/mol. The van der Waals surface area contributed by atoms with Crippen LogP contribution in [0.15, 0.2) is 24.3 Å². The molecule has 1 aromatic rings. The monoisotopic (exact) mass is 285 g/mol. The molecule has 0 amide bonds. The van der Waals surface area contributed by atoms with Crippen molar-refractivity contribution < 1.29 is 9.50 Å². The summed E-state index contributed by atoms with van der Waals surface area (Å²) in [5.74, 6) is 0.807. The summed E-state index contributed by atoms with van der Waals surface area (Å²) in [4.78, 5) is 2.28. The van der Waals surface area contributed by atoms with Crippen molar-refractivity contribution in [3.05, 3.63) is 35.6 Å². The molecule has 4 heteroatoms. The van der Waals surface area contributed by atoms with E-state index in [0.29, 0.717) is 18.0 Å². The maximum Gasteiger partial charge on any atom is 0.123 e. The molecule has 108 valence electrons. The van der Waals surface area contributed by atoms with Crippen LogP contribution < -0.4 is 0 Å². The molecule has 0 saturated heterocycles. The zero-order valence-corrected chi connectivity index (χ0v) is 12.8. The molecule has 0 saturated carbocycles. The van der Waals surface area contributed by atoms with E-state index in [9.17, 15) is 9.50 Å². The molecule has 0 aromatic heterocycles. The summed E-state index contributed by atoms with van der Waals surface area (Å²) in [6, 6.07) is 6.75. The molecule has 1 rings (SSSR count). The molecule has 0 heterocycles. The van der Waals surface area contributed by atoms with Gasteiger partial charge in [-0.1, -0.05) is 19.1 Å². The Morgan fingerprint density at radius 3 is 2.74 bits per heavy atom. The van der Waals surface area contributed by atoms with Gasteiger partial charge < -0.3 is 10.0 Å². The number of aliphatic hydroxyl groups excluding tert-OH is 1. The fourth-order valence-electron chi connectivity index (χ4n) is 2.14. The largest absolute Gasteiger partial charge is 0.388 e. The molecule has 1 N–H and O–H groups in total. The van der Waals surface area contributed by atoms with Crippen LogP contribution in [-0.2, 0) is 0 Å². The van der Waals surface area contributed by atoms with Gasteiger partial charge in [-0.05, 0) is 43.8 Å². The van der Waals surface area contributed by atoms with E-state index < -0.39 is 6.10 Å². The summed E-state index contributed by atoms with van der Waals surface area (Å²) in [5.41, 5.74) is 0.659. The fourth-order valence-corrected chi connectivity index (χ4v) is 3.01. The van der Waals surface area contributed by atoms with Gasteiger partial charge in [-0.25, -0.2) is 4.39 Å². The lowest BCUT2D eigenvalue weighted by molar-refractivity contribution is 0.138. The summed E-state index contributed by atoms with van der Waals surface area (Å²) in [6.45, 7) is 3.00. The van der Waals surface area contributed by atoms with Gasteiger partial charge in [0.05, 0.1) is 6.10 Å². The molecule has 2 atom stereocenters. The molecular weight excluding hydrogens is 261 g/mol. The normalized spacial score (nSPS) is 14.6. The Labute approximate surface area is 120 Å². The van der Waals surface area contributed by atoms with Crippen molar-refractivity contribution in [1.29, 1.82) is 0 Å². The zero-order chi connectivity index (χ0) is 14.3. The number of rotatable bonds is 8. The van der Waals surface area contributed by atoms with Gasteiger partial charge in [0.25, 0.3) is 0 Å². The number of hydrogen-bond acceptors (Lipinski definition) is 3. The Kier molecular flexibility index (Phi) is 7.42. The molecule has 0 radical (unpaired) electrons. The molecule has 2 nitrogen and oxygen atoms in total. The van der Waals surface area contributed by atoms with Crippen LogP contribution in [0.2, 0.25) is 0 Å². The third-order valence-corrected chi connectivity index (χ3v) is 4.16. The summed E-state index contributed by atoms with van der Waals surface area (Å²) in [6.07, 6.45) is 3.25. The third kappa shape index (κ3) is 5.51. The summed E-state index contributed by atoms with van der Waals surface area (Å²) < 4.78 is 13.1. The lowest BCUT2D eigenvalue weighted by atomic mass is 10.1. The maximum absolute atomic E-state index is 13.1. The molecule has 19 heavy (non-hydrogen) atoms. The Morgan fingerprint density at radius 1 is 1.42 bits per heavy atom. The van der Waals surface area contributed by atoms with Gasteiger partial charge in [-0.15, -0.1) is 0 Å². The van der Waals surface area contributed by atoms with Gasteiger partial charge in [0, 0.05) is 18.3 Å². The highest BCUT2D eigenvalue weighted by Gasteiger charge is 2.14. The molecule has 0 fully saturated rings. The molecule has 1 aromatic carbocycles. The highest BCUT2D eigenvalue weighted by Crippen LogP contribution is 2.19. The highest BCUT2D eigenvalue weighted by molar-refractivity contribution is 7.98. The Bertz CT molecular complexity index is 375. The smallest absolute Gasteiger partial charge is 0.123 e. The van der Waals surface area contributed by atoms with Crippen molar-refractivity contribution in [2.24, 2.45) is 0 Å². The van der Waals surface area contributed by atoms with Crippen molar-refractivity contribution in [3.8, 4) is 0 Å². The van der Waals surface area contributed by atoms with Gasteiger partial charge >= 0.3 is 0 Å². The van der Waals surface area contributed by atoms with Gasteiger partial charge in [0.2, 0.25) is 0 Å². The molecule has 0 aliphatic rings. The molecule has 0 aliphatic heterocycles. The van der Waals surface area contributed by atoms with Crippen LogP contribution in [-0.4, -0.2) is 41.6 Å². The third-order valence-electron chi connectivity index (χ3n) is 3.44. The number of thioether (sulfide) groups is 1. The molecule has 0 aliphatic carbocycles. The second-order valence-corrected chi connectivity index (χ2v) is 5.77. The first-order valence-corrected chi connectivity index (χ1v) is 8.10. The number of halogens is 1. The average molecular weight is 285 g/mol. The molecule has 0 spiro atoms. The van der Waals surface area contributed by atoms with Gasteiger partial charge in [-0.2, -0.15) is 11.8 Å². The topological polar surface area (TPSA) is 23.5 Å². The second-order valence-electron chi connectivity index (χ2n) is 4.86. The first-order chi connectivity index (χ1) is 9.08. The number of benzene rings is 1.